The van der Waals surface area contributed by atoms with Crippen LogP contribution in [-0.2, 0) is 0 Å². The molecule has 3 N–H and O–H groups in total. The van der Waals surface area contributed by atoms with E-state index >= 15 is 0 Å². The third-order valence-corrected chi connectivity index (χ3v) is 1.97. The van der Waals surface area contributed by atoms with Gasteiger partial charge >= 0.3 is 0 Å². The second kappa shape index (κ2) is 3.41. The minimum absolute atomic E-state index is 0. The summed E-state index contributed by atoms with van der Waals surface area (Å²) in [5.41, 5.74) is 1.81. The van der Waals surface area contributed by atoms with Gasteiger partial charge in [0.25, 0.3) is 0 Å². The Balaban J connectivity index is 0.000000845. The Kier molecular flexibility index (Phi) is 2.49. The molecular weight excluding hydrogens is 166 g/mol. The van der Waals surface area contributed by atoms with Crippen molar-refractivity contribution in [2.75, 3.05) is 0 Å². The first-order chi connectivity index (χ1) is 5.79. The van der Waals surface area contributed by atoms with E-state index < -0.39 is 0 Å². The highest BCUT2D eigenvalue weighted by atomic mass is 16.3. The maximum Gasteiger partial charge on any atom is 0.141 e. The van der Waals surface area contributed by atoms with Crippen molar-refractivity contribution in [3.05, 3.63) is 36.0 Å². The lowest BCUT2D eigenvalue weighted by Crippen LogP contribution is -1.81. The quantitative estimate of drug-likeness (QED) is 0.661. The molecule has 2 aromatic rings. The van der Waals surface area contributed by atoms with Gasteiger partial charge in [-0.2, -0.15) is 0 Å². The van der Waals surface area contributed by atoms with Gasteiger partial charge < -0.3 is 10.6 Å². The molecule has 3 heteroatoms. The molecule has 0 aliphatic rings. The molecule has 0 saturated heterocycles. The molecule has 0 fully saturated rings. The van der Waals surface area contributed by atoms with Crippen LogP contribution in [0.2, 0.25) is 0 Å². The molecular formula is C10H11NO2. The highest BCUT2D eigenvalue weighted by Crippen LogP contribution is 2.24. The van der Waals surface area contributed by atoms with Gasteiger partial charge in [-0.1, -0.05) is 12.1 Å². The fraction of sp³-hybridized carbons (Fsp3) is 0.100. The first kappa shape index (κ1) is 9.48. The first-order valence-electron chi connectivity index (χ1n) is 3.82. The summed E-state index contributed by atoms with van der Waals surface area (Å²) in [6.07, 6.45) is 1.68. The summed E-state index contributed by atoms with van der Waals surface area (Å²) in [6, 6.07) is 7.39. The Morgan fingerprint density at radius 1 is 1.23 bits per heavy atom. The van der Waals surface area contributed by atoms with Crippen LogP contribution in [0.5, 0.6) is 5.75 Å². The third kappa shape index (κ3) is 1.46. The Morgan fingerprint density at radius 3 is 2.69 bits per heavy atom. The van der Waals surface area contributed by atoms with Crippen LogP contribution in [-0.4, -0.2) is 15.6 Å². The topological polar surface area (TPSA) is 64.6 Å². The number of aryl methyl sites for hydroxylation is 1. The number of hydrogen-bond acceptors (Lipinski definition) is 2. The number of aromatic nitrogens is 1. The Morgan fingerprint density at radius 2 is 2.00 bits per heavy atom. The zero-order valence-corrected chi connectivity index (χ0v) is 7.28. The van der Waals surface area contributed by atoms with Crippen LogP contribution in [0.25, 0.3) is 10.9 Å². The molecule has 68 valence electrons. The second-order valence-electron chi connectivity index (χ2n) is 2.80. The number of aromatic hydroxyl groups is 1. The summed E-state index contributed by atoms with van der Waals surface area (Å²) in [4.78, 5) is 4.09. The molecule has 0 amide bonds. The van der Waals surface area contributed by atoms with Gasteiger partial charge in [0.1, 0.15) is 11.3 Å². The summed E-state index contributed by atoms with van der Waals surface area (Å²) in [6.45, 7) is 2.00. The molecule has 1 aromatic carbocycles. The van der Waals surface area contributed by atoms with Crippen LogP contribution < -0.4 is 0 Å². The lowest BCUT2D eigenvalue weighted by Gasteiger charge is -2.01. The highest BCUT2D eigenvalue weighted by Gasteiger charge is 2.00. The van der Waals surface area contributed by atoms with Crippen molar-refractivity contribution in [3.8, 4) is 5.75 Å². The molecule has 0 aliphatic carbocycles. The van der Waals surface area contributed by atoms with E-state index in [1.54, 1.807) is 12.3 Å². The van der Waals surface area contributed by atoms with Crippen molar-refractivity contribution in [3.63, 3.8) is 0 Å². The zero-order valence-electron chi connectivity index (χ0n) is 7.28. The summed E-state index contributed by atoms with van der Waals surface area (Å²) in [5, 5.41) is 10.4. The van der Waals surface area contributed by atoms with Crippen LogP contribution in [0.1, 0.15) is 5.56 Å². The third-order valence-electron chi connectivity index (χ3n) is 1.97. The van der Waals surface area contributed by atoms with E-state index in [-0.39, 0.29) is 11.2 Å². The number of phenolic OH excluding ortho intramolecular Hbond substituents is 1. The van der Waals surface area contributed by atoms with Crippen molar-refractivity contribution in [1.29, 1.82) is 0 Å². The number of benzene rings is 1. The molecule has 2 rings (SSSR count). The smallest absolute Gasteiger partial charge is 0.141 e. The van der Waals surface area contributed by atoms with Crippen molar-refractivity contribution >= 4 is 10.9 Å². The molecule has 0 saturated carbocycles. The molecule has 1 heterocycles. The molecule has 0 aliphatic heterocycles. The van der Waals surface area contributed by atoms with Crippen LogP contribution >= 0.6 is 0 Å². The Bertz CT molecular complexity index is 386. The maximum atomic E-state index is 9.43. The number of hydrogen-bond donors (Lipinski definition) is 1. The van der Waals surface area contributed by atoms with Crippen molar-refractivity contribution < 1.29 is 10.6 Å². The van der Waals surface area contributed by atoms with E-state index in [4.69, 9.17) is 0 Å². The molecule has 1 aromatic heterocycles. The number of rotatable bonds is 0. The van der Waals surface area contributed by atoms with Gasteiger partial charge in [-0.05, 0) is 24.6 Å². The summed E-state index contributed by atoms with van der Waals surface area (Å²) < 4.78 is 0. The van der Waals surface area contributed by atoms with Crippen molar-refractivity contribution in [2.45, 2.75) is 6.92 Å². The summed E-state index contributed by atoms with van der Waals surface area (Å²) in [5.74, 6) is 0.246. The van der Waals surface area contributed by atoms with Crippen LogP contribution in [0.3, 0.4) is 0 Å². The predicted molar refractivity (Wildman–Crippen MR) is 51.8 cm³/mol. The summed E-state index contributed by atoms with van der Waals surface area (Å²) >= 11 is 0. The maximum absolute atomic E-state index is 9.43. The largest absolute Gasteiger partial charge is 0.506 e. The number of phenols is 1. The summed E-state index contributed by atoms with van der Waals surface area (Å²) in [7, 11) is 0. The van der Waals surface area contributed by atoms with Crippen molar-refractivity contribution in [1.82, 2.24) is 4.98 Å². The van der Waals surface area contributed by atoms with E-state index in [1.165, 1.54) is 0 Å². The van der Waals surface area contributed by atoms with Crippen LogP contribution in [0.4, 0.5) is 0 Å². The molecule has 13 heavy (non-hydrogen) atoms. The fourth-order valence-electron chi connectivity index (χ4n) is 1.30. The van der Waals surface area contributed by atoms with E-state index in [9.17, 15) is 5.11 Å². The van der Waals surface area contributed by atoms with Gasteiger partial charge in [0.15, 0.2) is 0 Å². The van der Waals surface area contributed by atoms with Gasteiger partial charge in [-0.15, -0.1) is 0 Å². The SMILES string of the molecule is Cc1ccc(O)c2ncccc12.O. The van der Waals surface area contributed by atoms with E-state index in [0.29, 0.717) is 5.52 Å². The standard InChI is InChI=1S/C10H9NO.H2O/c1-7-4-5-9(12)10-8(7)3-2-6-11-10;/h2-6,12H,1H3;1H2. The Hall–Kier alpha value is -1.61. The molecule has 0 spiro atoms. The van der Waals surface area contributed by atoms with Gasteiger partial charge in [0.2, 0.25) is 0 Å². The van der Waals surface area contributed by atoms with Gasteiger partial charge in [-0.25, -0.2) is 0 Å². The predicted octanol–water partition coefficient (Wildman–Crippen LogP) is 1.42. The number of nitrogens with zero attached hydrogens (tertiary/aromatic N) is 1. The highest BCUT2D eigenvalue weighted by molar-refractivity contribution is 5.86. The van der Waals surface area contributed by atoms with Gasteiger partial charge in [0, 0.05) is 11.6 Å². The van der Waals surface area contributed by atoms with Crippen LogP contribution in [0, 0.1) is 6.92 Å². The lowest BCUT2D eigenvalue weighted by molar-refractivity contribution is 0.480. The minimum Gasteiger partial charge on any atom is -0.506 e. The van der Waals surface area contributed by atoms with Crippen molar-refractivity contribution in [2.24, 2.45) is 0 Å². The Labute approximate surface area is 76.0 Å². The molecule has 0 atom stereocenters. The van der Waals surface area contributed by atoms with E-state index in [1.807, 2.05) is 25.1 Å². The van der Waals surface area contributed by atoms with Crippen LogP contribution in [0.15, 0.2) is 30.5 Å². The molecule has 0 radical (unpaired) electrons. The van der Waals surface area contributed by atoms with E-state index in [2.05, 4.69) is 4.98 Å². The van der Waals surface area contributed by atoms with E-state index in [0.717, 1.165) is 10.9 Å². The normalized spacial score (nSPS) is 9.62. The molecule has 0 unspecified atom stereocenters. The molecule has 3 nitrogen and oxygen atoms in total. The average Bonchev–Trinajstić information content (AvgIpc) is 2.12. The minimum atomic E-state index is 0. The zero-order chi connectivity index (χ0) is 8.55. The number of fused-ring (bicyclic) bond motifs is 1. The lowest BCUT2D eigenvalue weighted by atomic mass is 10.1. The van der Waals surface area contributed by atoms with Gasteiger partial charge in [0.05, 0.1) is 0 Å². The van der Waals surface area contributed by atoms with Gasteiger partial charge in [-0.3, -0.25) is 4.98 Å². The second-order valence-corrected chi connectivity index (χ2v) is 2.80. The first-order valence-corrected chi connectivity index (χ1v) is 3.82. The average molecular weight is 177 g/mol. The molecule has 0 bridgehead atoms. The number of pyridine rings is 1. The monoisotopic (exact) mass is 177 g/mol. The fourth-order valence-corrected chi connectivity index (χ4v) is 1.30.